The molecule has 0 saturated heterocycles. The second-order valence-electron chi connectivity index (χ2n) is 23.1. The topological polar surface area (TPSA) is 69.8 Å². The van der Waals surface area contributed by atoms with Crippen molar-refractivity contribution in [2.45, 2.75) is 128 Å². The van der Waals surface area contributed by atoms with Gasteiger partial charge in [0, 0.05) is 44.3 Å². The molecule has 0 aliphatic carbocycles. The predicted molar refractivity (Wildman–Crippen MR) is 314 cm³/mol. The van der Waals surface area contributed by atoms with E-state index in [0.29, 0.717) is 0 Å². The van der Waals surface area contributed by atoms with Crippen LogP contribution in [0.1, 0.15) is 126 Å². The molecular formula is C65H73N5OSi. The van der Waals surface area contributed by atoms with Crippen LogP contribution >= 0.6 is 0 Å². The molecule has 4 aromatic carbocycles. The lowest BCUT2D eigenvalue weighted by Gasteiger charge is -2.45. The van der Waals surface area contributed by atoms with E-state index < -0.39 is 8.32 Å². The molecule has 8 bridgehead atoms. The van der Waals surface area contributed by atoms with E-state index in [-0.39, 0.29) is 10.6 Å². The molecule has 9 rings (SSSR count). The first kappa shape index (κ1) is 50.1. The van der Waals surface area contributed by atoms with E-state index in [4.69, 9.17) is 14.5 Å². The maximum Gasteiger partial charge on any atom is 0.228 e. The zero-order chi connectivity index (χ0) is 51.8. The van der Waals surface area contributed by atoms with E-state index in [0.717, 1.165) is 78.3 Å². The zero-order valence-electron chi connectivity index (χ0n) is 45.8. The van der Waals surface area contributed by atoms with Gasteiger partial charge < -0.3 is 14.5 Å². The molecule has 0 spiro atoms. The summed E-state index contributed by atoms with van der Waals surface area (Å²) < 4.78 is 6.98. The van der Waals surface area contributed by atoms with Crippen molar-refractivity contribution >= 4 is 72.5 Å². The highest BCUT2D eigenvalue weighted by Gasteiger charge is 2.42. The van der Waals surface area contributed by atoms with Crippen LogP contribution in [0.25, 0.3) is 91.9 Å². The third-order valence-electron chi connectivity index (χ3n) is 14.9. The van der Waals surface area contributed by atoms with Crippen LogP contribution in [-0.2, 0) is 4.53 Å². The van der Waals surface area contributed by atoms with Crippen molar-refractivity contribution < 1.29 is 4.53 Å². The van der Waals surface area contributed by atoms with Gasteiger partial charge >= 0.3 is 0 Å². The fraction of sp³-hybridized carbons (Fsp3) is 0.292. The van der Waals surface area contributed by atoms with E-state index in [9.17, 15) is 0 Å². The normalized spacial score (nSPS) is 13.0. The van der Waals surface area contributed by atoms with E-state index in [1.165, 1.54) is 66.8 Å². The van der Waals surface area contributed by atoms with Crippen LogP contribution in [0.5, 0.6) is 0 Å². The minimum Gasteiger partial charge on any atom is -0.354 e. The third kappa shape index (κ3) is 9.53. The van der Waals surface area contributed by atoms with Gasteiger partial charge in [0.15, 0.2) is 0 Å². The van der Waals surface area contributed by atoms with Crippen molar-refractivity contribution in [2.24, 2.45) is 0 Å². The number of fused-ring (bicyclic) bond motifs is 8. The van der Waals surface area contributed by atoms with Gasteiger partial charge in [-0.25, -0.2) is 9.97 Å². The molecule has 7 aromatic rings. The van der Waals surface area contributed by atoms with Crippen molar-refractivity contribution in [2.75, 3.05) is 5.06 Å². The first-order valence-electron chi connectivity index (χ1n) is 25.6. The minimum absolute atomic E-state index is 0.0647. The number of aromatic nitrogens is 4. The van der Waals surface area contributed by atoms with Gasteiger partial charge in [-0.2, -0.15) is 0 Å². The Morgan fingerprint density at radius 2 is 0.792 bits per heavy atom. The van der Waals surface area contributed by atoms with Crippen LogP contribution in [0, 0.1) is 62.3 Å². The van der Waals surface area contributed by atoms with Crippen LogP contribution in [0.3, 0.4) is 0 Å². The molecule has 2 aliphatic rings. The molecule has 0 atom stereocenters. The lowest BCUT2D eigenvalue weighted by atomic mass is 9.92. The number of aryl methyl sites for hydroxylation is 9. The van der Waals surface area contributed by atoms with E-state index in [1.807, 2.05) is 0 Å². The summed E-state index contributed by atoms with van der Waals surface area (Å²) in [5, 5.41) is 2.19. The standard InChI is InChI=1S/C65H73N5OSi/c1-38-32-41(4)58(42(5)33-38)61-52-26-24-50(66-52)49(23-20-47-18-21-48(22-19-47)70(64(10,11)12)71-72(16,17)65(13,14)15)51-25-27-53(67-51)62(59-43(6)34-39(2)35-44(59)7)55-29-31-57(69-55)63(56-30-28-54(61)68-56)60-45(8)36-40(3)37-46(60)9/h18-37,66,69H,1-17H3/b23-20+,50-49?,51-49?,61-52?,61-54?,62-53?,62-55?,63-56?,63-57?. The van der Waals surface area contributed by atoms with Crippen molar-refractivity contribution in [3.05, 3.63) is 169 Å². The van der Waals surface area contributed by atoms with Gasteiger partial charge in [0.05, 0.1) is 34.0 Å². The van der Waals surface area contributed by atoms with Gasteiger partial charge in [-0.1, -0.05) is 98.1 Å². The number of H-pyrrole nitrogens is 2. The molecule has 3 aromatic heterocycles. The zero-order valence-corrected chi connectivity index (χ0v) is 46.8. The lowest BCUT2D eigenvalue weighted by molar-refractivity contribution is 0.185. The molecule has 6 nitrogen and oxygen atoms in total. The number of benzene rings is 4. The lowest BCUT2D eigenvalue weighted by Crippen LogP contribution is -2.52. The van der Waals surface area contributed by atoms with Crippen molar-refractivity contribution in [1.29, 1.82) is 0 Å². The molecular weight excluding hydrogens is 895 g/mol. The van der Waals surface area contributed by atoms with Gasteiger partial charge in [-0.05, 0) is 218 Å². The molecule has 0 fully saturated rings. The monoisotopic (exact) mass is 968 g/mol. The quantitative estimate of drug-likeness (QED) is 0.118. The van der Waals surface area contributed by atoms with Crippen molar-refractivity contribution in [1.82, 2.24) is 19.9 Å². The Bertz CT molecular complexity index is 3460. The first-order valence-corrected chi connectivity index (χ1v) is 28.5. The summed E-state index contributed by atoms with van der Waals surface area (Å²) in [6.45, 7) is 38.0. The smallest absolute Gasteiger partial charge is 0.228 e. The van der Waals surface area contributed by atoms with E-state index >= 15 is 0 Å². The number of hydroxylamine groups is 1. The van der Waals surface area contributed by atoms with Crippen molar-refractivity contribution in [3.63, 3.8) is 0 Å². The van der Waals surface area contributed by atoms with Gasteiger partial charge in [0.25, 0.3) is 0 Å². The summed E-state index contributed by atoms with van der Waals surface area (Å²) in [5.41, 5.74) is 28.2. The second kappa shape index (κ2) is 18.7. The van der Waals surface area contributed by atoms with Crippen LogP contribution in [0.4, 0.5) is 5.69 Å². The predicted octanol–water partition coefficient (Wildman–Crippen LogP) is 18.1. The Morgan fingerprint density at radius 1 is 0.444 bits per heavy atom. The van der Waals surface area contributed by atoms with Gasteiger partial charge in [0.1, 0.15) is 0 Å². The van der Waals surface area contributed by atoms with Crippen LogP contribution in [0.15, 0.2) is 84.9 Å². The molecule has 368 valence electrons. The Balaban J connectivity index is 1.36. The fourth-order valence-corrected chi connectivity index (χ4v) is 11.9. The number of nitrogens with one attached hydrogen (secondary N) is 2. The number of hydrogen-bond donors (Lipinski definition) is 2. The Kier molecular flexibility index (Phi) is 13.0. The SMILES string of the molecule is Cc1cc(C)c(-c2c3nc(c(-c4c(C)cc(C)cc4C)c4ccc([nH]4)c(-c4c(C)cc(C)cc4C)c4nc(c(/C=C/c5ccc(N(O[Si](C)(C)C(C)(C)C)C(C)(C)C)cc5)c5ccc2[nH]5)C=C4)C=C3)c(C)c1. The summed E-state index contributed by atoms with van der Waals surface area (Å²) >= 11 is 0. The summed E-state index contributed by atoms with van der Waals surface area (Å²) in [6, 6.07) is 31.4. The minimum atomic E-state index is -2.12. The average Bonchev–Trinajstić information content (AvgIpc) is 4.12. The molecule has 5 heterocycles. The number of hydrogen-bond acceptors (Lipinski definition) is 4. The summed E-state index contributed by atoms with van der Waals surface area (Å²) in [4.78, 5) is 19.2. The molecule has 72 heavy (non-hydrogen) atoms. The van der Waals surface area contributed by atoms with Gasteiger partial charge in [-0.15, -0.1) is 0 Å². The highest BCUT2D eigenvalue weighted by atomic mass is 28.4. The highest BCUT2D eigenvalue weighted by Crippen LogP contribution is 2.43. The average molecular weight is 968 g/mol. The summed E-state index contributed by atoms with van der Waals surface area (Å²) in [6.07, 6.45) is 13.2. The number of aromatic amines is 2. The Hall–Kier alpha value is -6.80. The van der Waals surface area contributed by atoms with E-state index in [1.54, 1.807) is 0 Å². The summed E-state index contributed by atoms with van der Waals surface area (Å²) in [7, 11) is -2.12. The van der Waals surface area contributed by atoms with Gasteiger partial charge in [-0.3, -0.25) is 5.06 Å². The molecule has 2 aliphatic heterocycles. The second-order valence-corrected chi connectivity index (χ2v) is 27.8. The fourth-order valence-electron chi connectivity index (χ4n) is 10.8. The largest absolute Gasteiger partial charge is 0.354 e. The molecule has 0 saturated carbocycles. The Labute approximate surface area is 429 Å². The van der Waals surface area contributed by atoms with Crippen molar-refractivity contribution in [3.8, 4) is 33.4 Å². The van der Waals surface area contributed by atoms with Crippen LogP contribution in [0.2, 0.25) is 18.1 Å². The van der Waals surface area contributed by atoms with Crippen LogP contribution < -0.4 is 5.06 Å². The molecule has 2 N–H and O–H groups in total. The summed E-state index contributed by atoms with van der Waals surface area (Å²) in [5.74, 6) is 0. The molecule has 0 amide bonds. The number of nitrogens with zero attached hydrogens (tertiary/aromatic N) is 3. The maximum atomic E-state index is 6.98. The Morgan fingerprint density at radius 3 is 1.17 bits per heavy atom. The third-order valence-corrected chi connectivity index (χ3v) is 19.1. The number of anilines is 1. The van der Waals surface area contributed by atoms with E-state index in [2.05, 4.69) is 253 Å². The molecule has 7 heteroatoms. The molecule has 0 unspecified atom stereocenters. The van der Waals surface area contributed by atoms with Gasteiger partial charge in [0.2, 0.25) is 8.32 Å². The highest BCUT2D eigenvalue weighted by molar-refractivity contribution is 6.74. The first-order chi connectivity index (χ1) is 33.9. The number of rotatable bonds is 8. The molecule has 0 radical (unpaired) electrons. The maximum absolute atomic E-state index is 6.98. The van der Waals surface area contributed by atoms with Crippen LogP contribution in [-0.4, -0.2) is 33.8 Å².